The Morgan fingerprint density at radius 2 is 1.81 bits per heavy atom. The highest BCUT2D eigenvalue weighted by Gasteiger charge is 2.39. The average molecular weight is 464 g/mol. The van der Waals surface area contributed by atoms with Crippen LogP contribution in [0.1, 0.15) is 63.5 Å². The Bertz CT molecular complexity index is 881. The van der Waals surface area contributed by atoms with E-state index in [9.17, 15) is 19.5 Å². The van der Waals surface area contributed by atoms with Crippen molar-refractivity contribution in [2.75, 3.05) is 18.1 Å². The number of fused-ring (bicyclic) bond motifs is 1. The molecular weight excluding hydrogens is 426 g/mol. The molecule has 3 N–H and O–H groups in total. The largest absolute Gasteiger partial charge is 0.465 e. The first kappa shape index (κ1) is 25.9. The monoisotopic (exact) mass is 463 g/mol. The van der Waals surface area contributed by atoms with Gasteiger partial charge in [0.05, 0.1) is 12.6 Å². The van der Waals surface area contributed by atoms with Crippen LogP contribution >= 0.6 is 0 Å². The van der Waals surface area contributed by atoms with Crippen LogP contribution in [0.25, 0.3) is 0 Å². The Morgan fingerprint density at radius 3 is 2.34 bits per heavy atom. The molecule has 1 aliphatic rings. The van der Waals surface area contributed by atoms with Gasteiger partial charge >= 0.3 is 6.09 Å². The molecule has 178 valence electrons. The molecule has 1 aromatic carbocycles. The summed E-state index contributed by atoms with van der Waals surface area (Å²) < 4.78 is 6.10. The van der Waals surface area contributed by atoms with Gasteiger partial charge in [-0.2, -0.15) is 0 Å². The number of anilines is 1. The lowest BCUT2D eigenvalue weighted by molar-refractivity contribution is -0.117. The van der Waals surface area contributed by atoms with Gasteiger partial charge in [-0.05, 0) is 48.8 Å². The summed E-state index contributed by atoms with van der Waals surface area (Å²) in [4.78, 5) is 38.1. The van der Waals surface area contributed by atoms with Crippen molar-refractivity contribution in [3.8, 4) is 0 Å². The molecular formula is C23H37N3O5Si. The third-order valence-electron chi connectivity index (χ3n) is 6.85. The van der Waals surface area contributed by atoms with Crippen LogP contribution in [0.3, 0.4) is 0 Å². The molecule has 3 amide bonds. The molecule has 9 heteroatoms. The number of amides is 3. The van der Waals surface area contributed by atoms with E-state index in [1.165, 1.54) is 6.92 Å². The number of nitrogens with zero attached hydrogens (tertiary/aromatic N) is 1. The van der Waals surface area contributed by atoms with Crippen LogP contribution in [0.4, 0.5) is 10.5 Å². The van der Waals surface area contributed by atoms with E-state index in [2.05, 4.69) is 44.5 Å². The second-order valence-corrected chi connectivity index (χ2v) is 14.9. The van der Waals surface area contributed by atoms with Crippen LogP contribution in [0, 0.1) is 5.92 Å². The summed E-state index contributed by atoms with van der Waals surface area (Å²) in [6.07, 6.45) is -1.14. The van der Waals surface area contributed by atoms with Gasteiger partial charge in [0.25, 0.3) is 5.91 Å². The number of nitrogens with one attached hydrogen (secondary N) is 2. The minimum Gasteiger partial charge on any atom is -0.465 e. The van der Waals surface area contributed by atoms with Crippen LogP contribution in [0.5, 0.6) is 0 Å². The highest BCUT2D eigenvalue weighted by molar-refractivity contribution is 6.74. The normalized spacial score (nSPS) is 21.0. The molecule has 2 rings (SSSR count). The summed E-state index contributed by atoms with van der Waals surface area (Å²) in [6, 6.07) is 4.35. The molecule has 0 spiro atoms. The highest BCUT2D eigenvalue weighted by atomic mass is 28.4. The first-order valence-corrected chi connectivity index (χ1v) is 13.9. The predicted octanol–water partition coefficient (Wildman–Crippen LogP) is 4.14. The van der Waals surface area contributed by atoms with Gasteiger partial charge in [-0.3, -0.25) is 9.59 Å². The molecule has 0 saturated heterocycles. The fourth-order valence-electron chi connectivity index (χ4n) is 3.77. The van der Waals surface area contributed by atoms with Crippen LogP contribution in [0.15, 0.2) is 18.2 Å². The summed E-state index contributed by atoms with van der Waals surface area (Å²) in [7, 11) is -1.89. The van der Waals surface area contributed by atoms with E-state index in [1.807, 2.05) is 13.8 Å². The quantitative estimate of drug-likeness (QED) is 0.434. The third-order valence-corrected chi connectivity index (χ3v) is 11.4. The van der Waals surface area contributed by atoms with Crippen LogP contribution in [-0.4, -0.2) is 50.5 Å². The Balaban J connectivity index is 2.21. The molecule has 0 fully saturated rings. The molecule has 0 saturated carbocycles. The van der Waals surface area contributed by atoms with Gasteiger partial charge in [0.15, 0.2) is 8.32 Å². The minimum absolute atomic E-state index is 0.0953. The van der Waals surface area contributed by atoms with Gasteiger partial charge in [0.1, 0.15) is 0 Å². The third kappa shape index (κ3) is 5.50. The molecule has 1 aromatic rings. The lowest BCUT2D eigenvalue weighted by Crippen LogP contribution is -2.50. The van der Waals surface area contributed by atoms with Crippen molar-refractivity contribution in [1.82, 2.24) is 10.6 Å². The number of rotatable bonds is 6. The van der Waals surface area contributed by atoms with Gasteiger partial charge in [0.2, 0.25) is 5.91 Å². The van der Waals surface area contributed by atoms with Gasteiger partial charge in [-0.15, -0.1) is 0 Å². The molecule has 8 nitrogen and oxygen atoms in total. The van der Waals surface area contributed by atoms with E-state index in [0.717, 1.165) is 0 Å². The fourth-order valence-corrected chi connectivity index (χ4v) is 4.81. The first-order valence-electron chi connectivity index (χ1n) is 11.0. The zero-order valence-corrected chi connectivity index (χ0v) is 21.4. The standard InChI is InChI=1S/C23H37N3O5Si/c1-14-15(2)26(16(3)27)19-10-9-17(13-18(19)20(14)25-22(29)30)21(28)24-11-12-31-32(7,8)23(4,5)6/h9-10,13-15,20,25H,11-12H2,1-8H3,(H,24,28)(H,29,30)/t14-,15-,20+/m0/s1. The molecule has 0 unspecified atom stereocenters. The molecule has 1 aliphatic heterocycles. The Kier molecular flexibility index (Phi) is 7.78. The predicted molar refractivity (Wildman–Crippen MR) is 128 cm³/mol. The van der Waals surface area contributed by atoms with Crippen molar-refractivity contribution < 1.29 is 23.9 Å². The Labute approximate surface area is 191 Å². The number of carbonyl (C=O) groups is 3. The number of hydrogen-bond donors (Lipinski definition) is 3. The van der Waals surface area contributed by atoms with E-state index >= 15 is 0 Å². The number of benzene rings is 1. The first-order chi connectivity index (χ1) is 14.7. The van der Waals surface area contributed by atoms with Gasteiger partial charge < -0.3 is 25.1 Å². The van der Waals surface area contributed by atoms with Crippen molar-refractivity contribution in [2.24, 2.45) is 5.92 Å². The summed E-state index contributed by atoms with van der Waals surface area (Å²) >= 11 is 0. The number of carboxylic acid groups (broad SMARTS) is 1. The second-order valence-electron chi connectivity index (χ2n) is 10.1. The SMILES string of the molecule is CC(=O)N1c2ccc(C(=O)NCCO[Si](C)(C)C(C)(C)C)cc2[C@H](NC(=O)O)[C@@H](C)[C@@H]1C. The maximum atomic E-state index is 12.8. The molecule has 0 aromatic heterocycles. The lowest BCUT2D eigenvalue weighted by Gasteiger charge is -2.43. The van der Waals surface area contributed by atoms with Gasteiger partial charge in [-0.25, -0.2) is 4.79 Å². The summed E-state index contributed by atoms with van der Waals surface area (Å²) in [5.41, 5.74) is 1.66. The molecule has 3 atom stereocenters. The van der Waals surface area contributed by atoms with Gasteiger partial charge in [-0.1, -0.05) is 27.7 Å². The zero-order chi connectivity index (χ0) is 24.4. The van der Waals surface area contributed by atoms with Crippen LogP contribution in [-0.2, 0) is 9.22 Å². The van der Waals surface area contributed by atoms with E-state index in [-0.39, 0.29) is 28.8 Å². The topological polar surface area (TPSA) is 108 Å². The summed E-state index contributed by atoms with van der Waals surface area (Å²) in [5.74, 6) is -0.556. The van der Waals surface area contributed by atoms with Crippen LogP contribution < -0.4 is 15.5 Å². The van der Waals surface area contributed by atoms with Crippen molar-refractivity contribution in [3.05, 3.63) is 29.3 Å². The van der Waals surface area contributed by atoms with Crippen molar-refractivity contribution >= 4 is 31.9 Å². The zero-order valence-electron chi connectivity index (χ0n) is 20.4. The number of hydrogen-bond acceptors (Lipinski definition) is 4. The molecule has 1 heterocycles. The molecule has 32 heavy (non-hydrogen) atoms. The Hall–Kier alpha value is -2.39. The molecule has 0 aliphatic carbocycles. The molecule has 0 bridgehead atoms. The van der Waals surface area contributed by atoms with Gasteiger partial charge in [0, 0.05) is 36.7 Å². The highest BCUT2D eigenvalue weighted by Crippen LogP contribution is 2.41. The van der Waals surface area contributed by atoms with E-state index in [0.29, 0.717) is 30.0 Å². The smallest absolute Gasteiger partial charge is 0.405 e. The number of carbonyl (C=O) groups excluding carboxylic acids is 2. The fraction of sp³-hybridized carbons (Fsp3) is 0.609. The van der Waals surface area contributed by atoms with E-state index in [4.69, 9.17) is 4.43 Å². The van der Waals surface area contributed by atoms with E-state index in [1.54, 1.807) is 23.1 Å². The second kappa shape index (κ2) is 9.62. The van der Waals surface area contributed by atoms with Crippen LogP contribution in [0.2, 0.25) is 18.1 Å². The van der Waals surface area contributed by atoms with Crippen molar-refractivity contribution in [3.63, 3.8) is 0 Å². The van der Waals surface area contributed by atoms with Crippen molar-refractivity contribution in [2.45, 2.75) is 71.8 Å². The minimum atomic E-state index is -1.89. The maximum Gasteiger partial charge on any atom is 0.405 e. The molecule has 0 radical (unpaired) electrons. The average Bonchev–Trinajstić information content (AvgIpc) is 2.67. The maximum absolute atomic E-state index is 12.8. The summed E-state index contributed by atoms with van der Waals surface area (Å²) in [5, 5.41) is 14.9. The van der Waals surface area contributed by atoms with E-state index < -0.39 is 20.5 Å². The lowest BCUT2D eigenvalue weighted by atomic mass is 9.82. The van der Waals surface area contributed by atoms with Crippen molar-refractivity contribution in [1.29, 1.82) is 0 Å². The summed E-state index contributed by atoms with van der Waals surface area (Å²) in [6.45, 7) is 16.9. The Morgan fingerprint density at radius 1 is 1.19 bits per heavy atom.